The summed E-state index contributed by atoms with van der Waals surface area (Å²) in [6, 6.07) is 0. The minimum atomic E-state index is -0.835. The standard InChI is InChI=1S/C4H10N18/c5-17-8-1-11-20-4-21(12-1)14-3(10-19-7)16-22(4)15-2(13-20)9-18-6/h1-4,11-16H. The van der Waals surface area contributed by atoms with Gasteiger partial charge in [-0.1, -0.05) is 15.3 Å². The zero-order chi connectivity index (χ0) is 15.5. The second-order valence-corrected chi connectivity index (χ2v) is 4.05. The maximum absolute atomic E-state index is 8.54. The Kier molecular flexibility index (Phi) is 4.04. The molecule has 0 aliphatic carbocycles. The second-order valence-electron chi connectivity index (χ2n) is 4.05. The van der Waals surface area contributed by atoms with Crippen LogP contribution in [-0.2, 0) is 0 Å². The first-order valence-corrected chi connectivity index (χ1v) is 5.82. The van der Waals surface area contributed by atoms with E-state index in [9.17, 15) is 0 Å². The van der Waals surface area contributed by atoms with Crippen LogP contribution in [0.1, 0.15) is 0 Å². The van der Waals surface area contributed by atoms with Gasteiger partial charge in [0.25, 0.3) is 0 Å². The number of hydrazine groups is 6. The molecule has 0 atom stereocenters. The number of azide groups is 3. The third-order valence-electron chi connectivity index (χ3n) is 2.76. The zero-order valence-corrected chi connectivity index (χ0v) is 10.7. The predicted molar refractivity (Wildman–Crippen MR) is 66.9 cm³/mol. The van der Waals surface area contributed by atoms with Crippen LogP contribution in [0.3, 0.4) is 0 Å². The van der Waals surface area contributed by atoms with Crippen molar-refractivity contribution in [2.45, 2.75) is 25.2 Å². The van der Waals surface area contributed by atoms with Gasteiger partial charge in [-0.2, -0.15) is 0 Å². The second kappa shape index (κ2) is 6.13. The molecule has 0 spiro atoms. The molecule has 116 valence electrons. The number of nitrogens with zero attached hydrogens (tertiary/aromatic N) is 12. The number of rotatable bonds is 3. The lowest BCUT2D eigenvalue weighted by Crippen LogP contribution is -2.91. The zero-order valence-electron chi connectivity index (χ0n) is 10.7. The van der Waals surface area contributed by atoms with Gasteiger partial charge in [-0.05, 0) is 16.6 Å². The van der Waals surface area contributed by atoms with Crippen LogP contribution in [-0.4, -0.2) is 40.5 Å². The highest BCUT2D eigenvalue weighted by atomic mass is 16.1. The average molecular weight is 310 g/mol. The van der Waals surface area contributed by atoms with Crippen molar-refractivity contribution in [2.24, 2.45) is 15.3 Å². The summed E-state index contributed by atoms with van der Waals surface area (Å²) in [7, 11) is 0. The van der Waals surface area contributed by atoms with E-state index >= 15 is 0 Å². The number of hydrogen-bond donors (Lipinski definition) is 6. The lowest BCUT2D eigenvalue weighted by atomic mass is 10.6. The topological polar surface area (TPSA) is 228 Å². The summed E-state index contributed by atoms with van der Waals surface area (Å²) >= 11 is 0. The van der Waals surface area contributed by atoms with Crippen LogP contribution in [0.2, 0.25) is 0 Å². The van der Waals surface area contributed by atoms with Gasteiger partial charge in [0.15, 0.2) is 25.2 Å². The van der Waals surface area contributed by atoms with Gasteiger partial charge < -0.3 is 0 Å². The van der Waals surface area contributed by atoms with Gasteiger partial charge in [-0.25, -0.2) is 32.6 Å². The summed E-state index contributed by atoms with van der Waals surface area (Å²) in [6.45, 7) is 0. The van der Waals surface area contributed by atoms with E-state index in [1.807, 2.05) is 0 Å². The Balaban J connectivity index is 1.86. The van der Waals surface area contributed by atoms with Crippen LogP contribution < -0.4 is 32.6 Å². The highest BCUT2D eigenvalue weighted by Crippen LogP contribution is 2.15. The Morgan fingerprint density at radius 3 is 1.09 bits per heavy atom. The maximum atomic E-state index is 8.54. The van der Waals surface area contributed by atoms with Crippen molar-refractivity contribution >= 4 is 0 Å². The van der Waals surface area contributed by atoms with Gasteiger partial charge in [0, 0.05) is 14.7 Å². The Morgan fingerprint density at radius 2 is 0.864 bits per heavy atom. The molecule has 0 aromatic rings. The predicted octanol–water partition coefficient (Wildman–Crippen LogP) is -1.97. The summed E-state index contributed by atoms with van der Waals surface area (Å²) in [5.74, 6) is 0. The van der Waals surface area contributed by atoms with E-state index < -0.39 is 25.2 Å². The summed E-state index contributed by atoms with van der Waals surface area (Å²) < 4.78 is 0. The number of nitrogens with one attached hydrogen (secondary N) is 6. The van der Waals surface area contributed by atoms with Crippen LogP contribution in [0.4, 0.5) is 0 Å². The molecule has 3 aliphatic rings. The normalized spacial score (nSPS) is 35.5. The average Bonchev–Trinajstić information content (AvgIpc) is 2.47. The van der Waals surface area contributed by atoms with Crippen molar-refractivity contribution in [3.63, 3.8) is 0 Å². The summed E-state index contributed by atoms with van der Waals surface area (Å²) in [5, 5.41) is 14.8. The highest BCUT2D eigenvalue weighted by Gasteiger charge is 2.46. The fourth-order valence-corrected chi connectivity index (χ4v) is 2.05. The molecule has 0 saturated carbocycles. The largest absolute Gasteiger partial charge is 0.214 e. The van der Waals surface area contributed by atoms with Crippen molar-refractivity contribution < 1.29 is 0 Å². The Hall–Kier alpha value is -2.43. The van der Waals surface area contributed by atoms with Crippen LogP contribution in [0.25, 0.3) is 31.3 Å². The molecule has 18 nitrogen and oxygen atoms in total. The molecule has 18 heteroatoms. The van der Waals surface area contributed by atoms with Gasteiger partial charge in [0.2, 0.25) is 0 Å². The van der Waals surface area contributed by atoms with Crippen LogP contribution in [0, 0.1) is 0 Å². The fourth-order valence-electron chi connectivity index (χ4n) is 2.05. The van der Waals surface area contributed by atoms with E-state index in [4.69, 9.17) is 16.6 Å². The van der Waals surface area contributed by atoms with Crippen LogP contribution >= 0.6 is 0 Å². The Morgan fingerprint density at radius 1 is 0.591 bits per heavy atom. The monoisotopic (exact) mass is 310 g/mol. The molecule has 3 saturated heterocycles. The first-order chi connectivity index (χ1) is 10.7. The van der Waals surface area contributed by atoms with Crippen molar-refractivity contribution in [1.82, 2.24) is 47.9 Å². The molecule has 6 N–H and O–H groups in total. The SMILES string of the molecule is [N-]=[N+]=NC1NN2NC(N=[N+]=[N-])NN3NC(N=[N+]=[N-])NN(N1)C23. The van der Waals surface area contributed by atoms with Gasteiger partial charge in [0.1, 0.15) is 0 Å². The molecular weight excluding hydrogens is 300 g/mol. The molecule has 3 aliphatic heterocycles. The van der Waals surface area contributed by atoms with E-state index in [0.717, 1.165) is 0 Å². The molecule has 22 heavy (non-hydrogen) atoms. The molecule has 0 aromatic carbocycles. The molecule has 0 aromatic heterocycles. The first-order valence-electron chi connectivity index (χ1n) is 5.82. The van der Waals surface area contributed by atoms with E-state index in [-0.39, 0.29) is 0 Å². The quantitative estimate of drug-likeness (QED) is 0.192. The minimum absolute atomic E-state index is 0.569. The van der Waals surface area contributed by atoms with Crippen LogP contribution in [0.15, 0.2) is 15.3 Å². The molecule has 3 fully saturated rings. The van der Waals surface area contributed by atoms with Crippen molar-refractivity contribution in [3.8, 4) is 0 Å². The van der Waals surface area contributed by atoms with E-state index in [1.54, 1.807) is 0 Å². The lowest BCUT2D eigenvalue weighted by Gasteiger charge is -2.57. The van der Waals surface area contributed by atoms with Gasteiger partial charge in [-0.3, -0.25) is 0 Å². The van der Waals surface area contributed by atoms with Crippen molar-refractivity contribution in [1.29, 1.82) is 0 Å². The van der Waals surface area contributed by atoms with Crippen molar-refractivity contribution in [3.05, 3.63) is 31.3 Å². The van der Waals surface area contributed by atoms with E-state index in [0.29, 0.717) is 0 Å². The molecule has 3 rings (SSSR count). The fraction of sp³-hybridized carbons (Fsp3) is 1.00. The van der Waals surface area contributed by atoms with Crippen LogP contribution in [0.5, 0.6) is 0 Å². The van der Waals surface area contributed by atoms with Crippen molar-refractivity contribution in [2.75, 3.05) is 0 Å². The summed E-state index contributed by atoms with van der Waals surface area (Å²) in [4.78, 5) is 8.09. The third kappa shape index (κ3) is 2.66. The molecule has 0 radical (unpaired) electrons. The highest BCUT2D eigenvalue weighted by molar-refractivity contribution is 4.81. The molecule has 3 heterocycles. The van der Waals surface area contributed by atoms with Gasteiger partial charge in [0.05, 0.1) is 0 Å². The van der Waals surface area contributed by atoms with Gasteiger partial charge >= 0.3 is 0 Å². The Bertz CT molecular complexity index is 465. The number of hydrogen-bond acceptors (Lipinski definition) is 12. The van der Waals surface area contributed by atoms with Gasteiger partial charge in [-0.15, -0.1) is 15.4 Å². The minimum Gasteiger partial charge on any atom is -0.214 e. The molecule has 0 unspecified atom stereocenters. The molecule has 0 bridgehead atoms. The molecule has 0 amide bonds. The lowest BCUT2D eigenvalue weighted by molar-refractivity contribution is -0.306. The Labute approximate surface area is 121 Å². The smallest absolute Gasteiger partial charge is 0.199 e. The third-order valence-corrected chi connectivity index (χ3v) is 2.76. The summed E-state index contributed by atoms with van der Waals surface area (Å²) in [5.41, 5.74) is 42.6. The first kappa shape index (κ1) is 14.5. The maximum Gasteiger partial charge on any atom is 0.199 e. The van der Waals surface area contributed by atoms with E-state index in [1.165, 1.54) is 15.4 Å². The van der Waals surface area contributed by atoms with E-state index in [2.05, 4.69) is 62.6 Å². The molecular formula is C4H10N18. The summed E-state index contributed by atoms with van der Waals surface area (Å²) in [6.07, 6.45) is -3.08.